The first kappa shape index (κ1) is 13.8. The normalized spacial score (nSPS) is 9.39. The number of carbonyl (C=O) groups is 1. The molecular weight excluding hydrogens is 228 g/mol. The predicted molar refractivity (Wildman–Crippen MR) is 72.5 cm³/mol. The second-order valence-electron chi connectivity index (χ2n) is 4.02. The Labute approximate surface area is 107 Å². The van der Waals surface area contributed by atoms with Gasteiger partial charge in [-0.05, 0) is 12.1 Å². The van der Waals surface area contributed by atoms with E-state index in [0.29, 0.717) is 13.0 Å². The van der Waals surface area contributed by atoms with Gasteiger partial charge >= 0.3 is 0 Å². The number of anilines is 2. The Kier molecular flexibility index (Phi) is 5.52. The lowest BCUT2D eigenvalue weighted by Crippen LogP contribution is -2.30. The molecular formula is C13H18N4O. The number of amides is 1. The fourth-order valence-electron chi connectivity index (χ4n) is 1.51. The smallest absolute Gasteiger partial charge is 0.239 e. The van der Waals surface area contributed by atoms with E-state index in [0.717, 1.165) is 11.4 Å². The maximum absolute atomic E-state index is 11.5. The van der Waals surface area contributed by atoms with E-state index < -0.39 is 0 Å². The van der Waals surface area contributed by atoms with Gasteiger partial charge in [0, 0.05) is 20.6 Å². The molecule has 2 N–H and O–H groups in total. The lowest BCUT2D eigenvalue weighted by Gasteiger charge is -2.18. The van der Waals surface area contributed by atoms with Gasteiger partial charge in [-0.25, -0.2) is 0 Å². The van der Waals surface area contributed by atoms with Gasteiger partial charge in [0.25, 0.3) is 0 Å². The van der Waals surface area contributed by atoms with Crippen LogP contribution in [0.1, 0.15) is 6.42 Å². The molecule has 1 amide bonds. The molecule has 1 rings (SSSR count). The minimum atomic E-state index is -0.112. The highest BCUT2D eigenvalue weighted by molar-refractivity contribution is 5.82. The van der Waals surface area contributed by atoms with Crippen molar-refractivity contribution in [2.45, 2.75) is 6.42 Å². The molecule has 0 aliphatic rings. The van der Waals surface area contributed by atoms with Crippen LogP contribution in [0.2, 0.25) is 0 Å². The number of hydrogen-bond donors (Lipinski definition) is 2. The lowest BCUT2D eigenvalue weighted by atomic mass is 10.2. The average Bonchev–Trinajstić information content (AvgIpc) is 2.37. The number of nitrogens with zero attached hydrogens (tertiary/aromatic N) is 2. The summed E-state index contributed by atoms with van der Waals surface area (Å²) in [7, 11) is 3.90. The Morgan fingerprint density at radius 3 is 2.78 bits per heavy atom. The van der Waals surface area contributed by atoms with Crippen LogP contribution in [0.25, 0.3) is 0 Å². The average molecular weight is 246 g/mol. The first-order chi connectivity index (χ1) is 8.65. The van der Waals surface area contributed by atoms with Crippen molar-refractivity contribution in [3.8, 4) is 6.07 Å². The van der Waals surface area contributed by atoms with E-state index in [1.165, 1.54) is 0 Å². The van der Waals surface area contributed by atoms with E-state index >= 15 is 0 Å². The van der Waals surface area contributed by atoms with E-state index in [2.05, 4.69) is 10.6 Å². The molecule has 0 heterocycles. The number of nitriles is 1. The van der Waals surface area contributed by atoms with Gasteiger partial charge in [0.1, 0.15) is 0 Å². The third-order valence-corrected chi connectivity index (χ3v) is 2.38. The van der Waals surface area contributed by atoms with Crippen molar-refractivity contribution >= 4 is 17.3 Å². The van der Waals surface area contributed by atoms with E-state index in [-0.39, 0.29) is 12.5 Å². The number of para-hydroxylation sites is 2. The maximum atomic E-state index is 11.5. The van der Waals surface area contributed by atoms with Gasteiger partial charge in [0.15, 0.2) is 0 Å². The zero-order valence-corrected chi connectivity index (χ0v) is 10.7. The first-order valence-corrected chi connectivity index (χ1v) is 5.79. The molecule has 0 aromatic heterocycles. The van der Waals surface area contributed by atoms with Crippen LogP contribution < -0.4 is 15.5 Å². The van der Waals surface area contributed by atoms with Crippen LogP contribution in [-0.4, -0.2) is 33.1 Å². The van der Waals surface area contributed by atoms with E-state index in [9.17, 15) is 4.79 Å². The van der Waals surface area contributed by atoms with Crippen molar-refractivity contribution < 1.29 is 4.79 Å². The van der Waals surface area contributed by atoms with Crippen LogP contribution in [-0.2, 0) is 4.79 Å². The largest absolute Gasteiger partial charge is 0.376 e. The van der Waals surface area contributed by atoms with Gasteiger partial charge in [-0.3, -0.25) is 4.79 Å². The highest BCUT2D eigenvalue weighted by Gasteiger charge is 2.05. The summed E-state index contributed by atoms with van der Waals surface area (Å²) in [6, 6.07) is 9.76. The molecule has 0 saturated carbocycles. The minimum Gasteiger partial charge on any atom is -0.376 e. The summed E-state index contributed by atoms with van der Waals surface area (Å²) in [5.74, 6) is -0.112. The topological polar surface area (TPSA) is 68.2 Å². The van der Waals surface area contributed by atoms with Crippen LogP contribution in [0.4, 0.5) is 11.4 Å². The molecule has 96 valence electrons. The second-order valence-corrected chi connectivity index (χ2v) is 4.02. The molecule has 0 fully saturated rings. The maximum Gasteiger partial charge on any atom is 0.239 e. The van der Waals surface area contributed by atoms with Crippen molar-refractivity contribution in [2.75, 3.05) is 37.4 Å². The van der Waals surface area contributed by atoms with Crippen LogP contribution in [0.5, 0.6) is 0 Å². The minimum absolute atomic E-state index is 0.112. The molecule has 0 atom stereocenters. The Morgan fingerprint density at radius 1 is 1.39 bits per heavy atom. The SMILES string of the molecule is CN(C)c1ccccc1NCC(=O)NCCC#N. The Bertz CT molecular complexity index is 437. The number of nitrogens with one attached hydrogen (secondary N) is 2. The summed E-state index contributed by atoms with van der Waals surface area (Å²) in [6.07, 6.45) is 0.333. The summed E-state index contributed by atoms with van der Waals surface area (Å²) < 4.78 is 0. The van der Waals surface area contributed by atoms with Crippen molar-refractivity contribution in [3.63, 3.8) is 0 Å². The van der Waals surface area contributed by atoms with Crippen molar-refractivity contribution in [1.82, 2.24) is 5.32 Å². The predicted octanol–water partition coefficient (Wildman–Crippen LogP) is 1.19. The molecule has 1 aromatic carbocycles. The van der Waals surface area contributed by atoms with E-state index in [4.69, 9.17) is 5.26 Å². The molecule has 0 spiro atoms. The summed E-state index contributed by atoms with van der Waals surface area (Å²) in [6.45, 7) is 0.600. The molecule has 0 aliphatic carbocycles. The quantitative estimate of drug-likeness (QED) is 0.740. The second kappa shape index (κ2) is 7.17. The number of carbonyl (C=O) groups excluding carboxylic acids is 1. The third kappa shape index (κ3) is 4.34. The zero-order valence-electron chi connectivity index (χ0n) is 10.7. The van der Waals surface area contributed by atoms with Crippen molar-refractivity contribution in [3.05, 3.63) is 24.3 Å². The molecule has 0 radical (unpaired) electrons. The third-order valence-electron chi connectivity index (χ3n) is 2.38. The molecule has 0 saturated heterocycles. The van der Waals surface area contributed by atoms with Gasteiger partial charge in [-0.2, -0.15) is 5.26 Å². The molecule has 0 unspecified atom stereocenters. The fourth-order valence-corrected chi connectivity index (χ4v) is 1.51. The Morgan fingerprint density at radius 2 is 2.11 bits per heavy atom. The molecule has 1 aromatic rings. The number of benzene rings is 1. The monoisotopic (exact) mass is 246 g/mol. The summed E-state index contributed by atoms with van der Waals surface area (Å²) >= 11 is 0. The van der Waals surface area contributed by atoms with Crippen LogP contribution in [0.15, 0.2) is 24.3 Å². The van der Waals surface area contributed by atoms with Gasteiger partial charge in [-0.1, -0.05) is 12.1 Å². The van der Waals surface area contributed by atoms with Crippen molar-refractivity contribution in [1.29, 1.82) is 5.26 Å². The summed E-state index contributed by atoms with van der Waals surface area (Å²) in [5.41, 5.74) is 1.94. The summed E-state index contributed by atoms with van der Waals surface area (Å²) in [4.78, 5) is 13.5. The van der Waals surface area contributed by atoms with Gasteiger partial charge in [0.05, 0.1) is 30.4 Å². The highest BCUT2D eigenvalue weighted by Crippen LogP contribution is 2.22. The van der Waals surface area contributed by atoms with Crippen LogP contribution >= 0.6 is 0 Å². The standard InChI is InChI=1S/C13H18N4O/c1-17(2)12-7-4-3-6-11(12)16-10-13(18)15-9-5-8-14/h3-4,6-7,16H,5,9-10H2,1-2H3,(H,15,18). The van der Waals surface area contributed by atoms with E-state index in [1.54, 1.807) is 0 Å². The summed E-state index contributed by atoms with van der Waals surface area (Å²) in [5, 5.41) is 14.1. The molecule has 5 nitrogen and oxygen atoms in total. The van der Waals surface area contributed by atoms with Gasteiger partial charge in [-0.15, -0.1) is 0 Å². The van der Waals surface area contributed by atoms with Gasteiger partial charge < -0.3 is 15.5 Å². The van der Waals surface area contributed by atoms with Gasteiger partial charge in [0.2, 0.25) is 5.91 Å². The Balaban J connectivity index is 2.48. The van der Waals surface area contributed by atoms with Crippen LogP contribution in [0.3, 0.4) is 0 Å². The lowest BCUT2D eigenvalue weighted by molar-refractivity contribution is -0.119. The van der Waals surface area contributed by atoms with Crippen molar-refractivity contribution in [2.24, 2.45) is 0 Å². The molecule has 5 heteroatoms. The van der Waals surface area contributed by atoms with E-state index in [1.807, 2.05) is 49.3 Å². The molecule has 0 aliphatic heterocycles. The first-order valence-electron chi connectivity index (χ1n) is 5.79. The fraction of sp³-hybridized carbons (Fsp3) is 0.385. The molecule has 18 heavy (non-hydrogen) atoms. The van der Waals surface area contributed by atoms with Crippen LogP contribution in [0, 0.1) is 11.3 Å². The number of rotatable bonds is 6. The number of hydrogen-bond acceptors (Lipinski definition) is 4. The highest BCUT2D eigenvalue weighted by atomic mass is 16.1. The Hall–Kier alpha value is -2.22. The zero-order chi connectivity index (χ0) is 13.4. The molecule has 0 bridgehead atoms.